The van der Waals surface area contributed by atoms with E-state index in [2.05, 4.69) is 15.4 Å². The zero-order valence-electron chi connectivity index (χ0n) is 12.4. The lowest BCUT2D eigenvalue weighted by Gasteiger charge is -2.44. The topological polar surface area (TPSA) is 75.4 Å². The van der Waals surface area contributed by atoms with Crippen molar-refractivity contribution in [3.05, 3.63) is 18.2 Å². The summed E-state index contributed by atoms with van der Waals surface area (Å²) in [6, 6.07) is 5.31. The number of aromatic nitrogens is 1. The van der Waals surface area contributed by atoms with E-state index in [9.17, 15) is 8.42 Å². The van der Waals surface area contributed by atoms with Crippen LogP contribution in [0.25, 0.3) is 11.0 Å². The summed E-state index contributed by atoms with van der Waals surface area (Å²) in [5.41, 5.74) is 0.506. The smallest absolute Gasteiger partial charge is 0.177 e. The van der Waals surface area contributed by atoms with Crippen molar-refractivity contribution >= 4 is 26.6 Å². The van der Waals surface area contributed by atoms with Crippen molar-refractivity contribution in [3.8, 4) is 0 Å². The van der Waals surface area contributed by atoms with E-state index in [1.165, 1.54) is 32.2 Å². The van der Waals surface area contributed by atoms with E-state index in [1.807, 2.05) is 0 Å². The maximum absolute atomic E-state index is 11.6. The molecule has 0 saturated carbocycles. The number of hydrogen-bond acceptors (Lipinski definition) is 6. The second kappa shape index (κ2) is 4.96. The Morgan fingerprint density at radius 3 is 2.73 bits per heavy atom. The van der Waals surface area contributed by atoms with E-state index in [4.69, 9.17) is 4.52 Å². The molecule has 0 radical (unpaired) electrons. The maximum Gasteiger partial charge on any atom is 0.177 e. The molecule has 1 aromatic carbocycles. The molecule has 3 fully saturated rings. The molecule has 2 bridgehead atoms. The predicted molar refractivity (Wildman–Crippen MR) is 83.7 cm³/mol. The number of anilines is 1. The molecule has 3 saturated heterocycles. The SMILES string of the molecule is CS(=O)(=O)c1ccc2c(NC3CN4CCC3CC4)noc2c1. The summed E-state index contributed by atoms with van der Waals surface area (Å²) in [6.45, 7) is 3.43. The van der Waals surface area contributed by atoms with E-state index in [-0.39, 0.29) is 4.90 Å². The van der Waals surface area contributed by atoms with Gasteiger partial charge in [-0.15, -0.1) is 0 Å². The molecular weight excluding hydrogens is 302 g/mol. The molecule has 1 N–H and O–H groups in total. The summed E-state index contributed by atoms with van der Waals surface area (Å²) in [4.78, 5) is 2.73. The summed E-state index contributed by atoms with van der Waals surface area (Å²) >= 11 is 0. The Morgan fingerprint density at radius 1 is 1.32 bits per heavy atom. The largest absolute Gasteiger partial charge is 0.362 e. The third-order valence-corrected chi connectivity index (χ3v) is 5.96. The lowest BCUT2D eigenvalue weighted by molar-refractivity contribution is 0.0973. The first-order valence-corrected chi connectivity index (χ1v) is 9.48. The number of rotatable bonds is 3. The van der Waals surface area contributed by atoms with Gasteiger partial charge in [-0.2, -0.15) is 0 Å². The molecule has 7 heteroatoms. The van der Waals surface area contributed by atoms with Crippen molar-refractivity contribution in [1.82, 2.24) is 10.1 Å². The van der Waals surface area contributed by atoms with Crippen molar-refractivity contribution in [2.24, 2.45) is 5.92 Å². The van der Waals surface area contributed by atoms with Gasteiger partial charge in [0.25, 0.3) is 0 Å². The summed E-state index contributed by atoms with van der Waals surface area (Å²) in [6.07, 6.45) is 3.65. The average molecular weight is 321 g/mol. The normalized spacial score (nSPS) is 28.1. The molecule has 1 atom stereocenters. The highest BCUT2D eigenvalue weighted by Gasteiger charge is 2.34. The second-order valence-corrected chi connectivity index (χ2v) is 8.37. The highest BCUT2D eigenvalue weighted by molar-refractivity contribution is 7.90. The van der Waals surface area contributed by atoms with Gasteiger partial charge in [-0.05, 0) is 44.0 Å². The van der Waals surface area contributed by atoms with Gasteiger partial charge >= 0.3 is 0 Å². The number of fused-ring (bicyclic) bond motifs is 4. The third kappa shape index (κ3) is 2.38. The van der Waals surface area contributed by atoms with Crippen LogP contribution >= 0.6 is 0 Å². The molecule has 1 aromatic heterocycles. The number of nitrogens with one attached hydrogen (secondary N) is 1. The minimum atomic E-state index is -3.23. The highest BCUT2D eigenvalue weighted by atomic mass is 32.2. The maximum atomic E-state index is 11.6. The van der Waals surface area contributed by atoms with Crippen LogP contribution in [0.2, 0.25) is 0 Å². The van der Waals surface area contributed by atoms with Crippen LogP contribution in [0.3, 0.4) is 0 Å². The minimum absolute atomic E-state index is 0.255. The van der Waals surface area contributed by atoms with Gasteiger partial charge in [0, 0.05) is 24.9 Å². The lowest BCUT2D eigenvalue weighted by Crippen LogP contribution is -2.53. The molecule has 118 valence electrons. The van der Waals surface area contributed by atoms with Crippen LogP contribution in [0.15, 0.2) is 27.6 Å². The molecule has 6 nitrogen and oxygen atoms in total. The number of hydrogen-bond donors (Lipinski definition) is 1. The standard InChI is InChI=1S/C15H19N3O3S/c1-22(19,20)11-2-3-12-14(8-11)21-17-15(12)16-13-9-18-6-4-10(13)5-7-18/h2-3,8,10,13H,4-7,9H2,1H3,(H,16,17). The highest BCUT2D eigenvalue weighted by Crippen LogP contribution is 2.32. The van der Waals surface area contributed by atoms with Gasteiger partial charge < -0.3 is 14.7 Å². The fourth-order valence-electron chi connectivity index (χ4n) is 3.56. The molecule has 3 aliphatic rings. The fourth-order valence-corrected chi connectivity index (χ4v) is 4.19. The van der Waals surface area contributed by atoms with E-state index < -0.39 is 9.84 Å². The number of benzene rings is 1. The Balaban J connectivity index is 1.63. The van der Waals surface area contributed by atoms with E-state index in [0.717, 1.165) is 11.9 Å². The van der Waals surface area contributed by atoms with Crippen molar-refractivity contribution in [3.63, 3.8) is 0 Å². The minimum Gasteiger partial charge on any atom is -0.362 e. The first-order valence-electron chi connectivity index (χ1n) is 7.59. The third-order valence-electron chi connectivity index (χ3n) is 4.85. The molecule has 0 aliphatic carbocycles. The molecular formula is C15H19N3O3S. The van der Waals surface area contributed by atoms with Gasteiger partial charge in [0.2, 0.25) is 0 Å². The van der Waals surface area contributed by atoms with Crippen LogP contribution in [-0.2, 0) is 9.84 Å². The molecule has 1 unspecified atom stereocenters. The summed E-state index contributed by atoms with van der Waals surface area (Å²) in [7, 11) is -3.23. The Hall–Kier alpha value is -1.60. The lowest BCUT2D eigenvalue weighted by atomic mass is 9.84. The summed E-state index contributed by atoms with van der Waals surface area (Å²) < 4.78 is 28.5. The Morgan fingerprint density at radius 2 is 2.09 bits per heavy atom. The van der Waals surface area contributed by atoms with Gasteiger partial charge in [-0.25, -0.2) is 8.42 Å². The second-order valence-electron chi connectivity index (χ2n) is 6.35. The van der Waals surface area contributed by atoms with Crippen LogP contribution in [0.1, 0.15) is 12.8 Å². The summed E-state index contributed by atoms with van der Waals surface area (Å²) in [5, 5.41) is 8.43. The van der Waals surface area contributed by atoms with Crippen molar-refractivity contribution in [1.29, 1.82) is 0 Å². The van der Waals surface area contributed by atoms with Crippen molar-refractivity contribution in [2.75, 3.05) is 31.2 Å². The van der Waals surface area contributed by atoms with Gasteiger partial charge in [0.05, 0.1) is 10.3 Å². The van der Waals surface area contributed by atoms with Crippen molar-refractivity contribution in [2.45, 2.75) is 23.8 Å². The predicted octanol–water partition coefficient (Wildman–Crippen LogP) is 1.74. The van der Waals surface area contributed by atoms with E-state index in [1.54, 1.807) is 18.2 Å². The molecule has 0 spiro atoms. The van der Waals surface area contributed by atoms with Gasteiger partial charge in [0.15, 0.2) is 21.2 Å². The van der Waals surface area contributed by atoms with Gasteiger partial charge in [-0.1, -0.05) is 5.16 Å². The monoisotopic (exact) mass is 321 g/mol. The quantitative estimate of drug-likeness (QED) is 0.928. The Kier molecular flexibility index (Phi) is 3.16. The first kappa shape index (κ1) is 14.0. The van der Waals surface area contributed by atoms with E-state index in [0.29, 0.717) is 23.4 Å². The molecule has 0 amide bonds. The van der Waals surface area contributed by atoms with Crippen molar-refractivity contribution < 1.29 is 12.9 Å². The zero-order valence-corrected chi connectivity index (χ0v) is 13.3. The van der Waals surface area contributed by atoms with E-state index >= 15 is 0 Å². The Labute approximate surface area is 129 Å². The van der Waals surface area contributed by atoms with Gasteiger partial charge in [-0.3, -0.25) is 0 Å². The molecule has 5 rings (SSSR count). The van der Waals surface area contributed by atoms with Crippen LogP contribution in [0.5, 0.6) is 0 Å². The number of nitrogens with zero attached hydrogens (tertiary/aromatic N) is 2. The average Bonchev–Trinajstić information content (AvgIpc) is 2.90. The molecule has 2 aromatic rings. The van der Waals surface area contributed by atoms with Crippen LogP contribution in [-0.4, -0.2) is 50.4 Å². The van der Waals surface area contributed by atoms with Crippen LogP contribution in [0, 0.1) is 5.92 Å². The molecule has 3 aliphatic heterocycles. The number of piperidine rings is 3. The van der Waals surface area contributed by atoms with Gasteiger partial charge in [0.1, 0.15) is 0 Å². The van der Waals surface area contributed by atoms with Crippen LogP contribution < -0.4 is 5.32 Å². The molecule has 4 heterocycles. The van der Waals surface area contributed by atoms with Crippen LogP contribution in [0.4, 0.5) is 5.82 Å². The molecule has 22 heavy (non-hydrogen) atoms. The Bertz CT molecular complexity index is 807. The fraction of sp³-hybridized carbons (Fsp3) is 0.533. The zero-order chi connectivity index (χ0) is 15.3. The number of sulfone groups is 1. The summed E-state index contributed by atoms with van der Waals surface area (Å²) in [5.74, 6) is 1.40. The first-order chi connectivity index (χ1) is 10.5.